The van der Waals surface area contributed by atoms with Crippen LogP contribution in [0.1, 0.15) is 41.3 Å². The van der Waals surface area contributed by atoms with E-state index in [1.807, 2.05) is 13.8 Å². The minimum atomic E-state index is -4.62. The lowest BCUT2D eigenvalue weighted by molar-refractivity contribution is -0.144. The first-order valence-electron chi connectivity index (χ1n) is 10.1. The quantitative estimate of drug-likeness (QED) is 0.459. The average molecular weight is 465 g/mol. The van der Waals surface area contributed by atoms with Crippen molar-refractivity contribution in [2.75, 3.05) is 7.05 Å². The van der Waals surface area contributed by atoms with Crippen molar-refractivity contribution in [2.24, 2.45) is 5.92 Å². The summed E-state index contributed by atoms with van der Waals surface area (Å²) in [5, 5.41) is 0.456. The van der Waals surface area contributed by atoms with E-state index in [9.17, 15) is 18.0 Å². The van der Waals surface area contributed by atoms with Gasteiger partial charge in [0, 0.05) is 30.4 Å². The Hall–Kier alpha value is -2.87. The van der Waals surface area contributed by atoms with Gasteiger partial charge in [0.15, 0.2) is 0 Å². The van der Waals surface area contributed by atoms with Crippen molar-refractivity contribution in [3.05, 3.63) is 70.5 Å². The van der Waals surface area contributed by atoms with Crippen molar-refractivity contribution in [3.63, 3.8) is 0 Å². The number of rotatable bonds is 6. The molecule has 0 saturated heterocycles. The molecule has 0 fully saturated rings. The number of carbonyl (C=O) groups is 1. The number of alkyl halides is 3. The molecule has 0 unspecified atom stereocenters. The molecule has 0 spiro atoms. The monoisotopic (exact) mass is 464 g/mol. The number of carbonyl (C=O) groups excluding carboxylic acids is 1. The summed E-state index contributed by atoms with van der Waals surface area (Å²) in [5.41, 5.74) is 0.545. The summed E-state index contributed by atoms with van der Waals surface area (Å²) in [6, 6.07) is 8.12. The molecule has 0 saturated carbocycles. The molecule has 0 bridgehead atoms. The first-order valence-corrected chi connectivity index (χ1v) is 10.4. The van der Waals surface area contributed by atoms with E-state index in [4.69, 9.17) is 11.6 Å². The molecule has 2 aromatic heterocycles. The van der Waals surface area contributed by atoms with Gasteiger partial charge in [0.1, 0.15) is 17.7 Å². The summed E-state index contributed by atoms with van der Waals surface area (Å²) in [7, 11) is 1.55. The molecule has 0 atom stereocenters. The second kappa shape index (κ2) is 9.32. The van der Waals surface area contributed by atoms with Crippen molar-refractivity contribution in [1.82, 2.24) is 19.4 Å². The smallest absolute Gasteiger partial charge is 0.335 e. The second-order valence-electron chi connectivity index (χ2n) is 8.07. The lowest BCUT2D eigenvalue weighted by Gasteiger charge is -2.22. The summed E-state index contributed by atoms with van der Waals surface area (Å²) in [4.78, 5) is 22.9. The maximum atomic E-state index is 14.2. The molecule has 0 aliphatic carbocycles. The number of hydrogen-bond acceptors (Lipinski definition) is 3. The summed E-state index contributed by atoms with van der Waals surface area (Å²) in [6.45, 7) is 5.22. The van der Waals surface area contributed by atoms with Crippen LogP contribution in [0.25, 0.3) is 11.1 Å². The van der Waals surface area contributed by atoms with E-state index >= 15 is 0 Å². The summed E-state index contributed by atoms with van der Waals surface area (Å²) in [5.74, 6) is -0.632. The van der Waals surface area contributed by atoms with Gasteiger partial charge in [-0.2, -0.15) is 13.2 Å². The molecule has 3 aromatic rings. The highest BCUT2D eigenvalue weighted by Gasteiger charge is 2.41. The Kier molecular flexibility index (Phi) is 6.93. The van der Waals surface area contributed by atoms with Crippen LogP contribution >= 0.6 is 11.6 Å². The standard InChI is InChI=1S/C23H24ClF3N4O/c1-14(2)11-31-20(22(32)30(4)12-18-9-10-28-13-29-18)19(15(3)21(31)23(25,26)27)16-5-7-17(24)8-6-16/h5-10,13-14H,11-12H2,1-4H3. The second-order valence-corrected chi connectivity index (χ2v) is 8.50. The molecular formula is C23H24ClF3N4O. The largest absolute Gasteiger partial charge is 0.431 e. The van der Waals surface area contributed by atoms with Crippen LogP contribution in [0.5, 0.6) is 0 Å². The predicted molar refractivity (Wildman–Crippen MR) is 117 cm³/mol. The Bertz CT molecular complexity index is 1090. The fourth-order valence-corrected chi connectivity index (χ4v) is 3.88. The zero-order valence-electron chi connectivity index (χ0n) is 18.2. The zero-order valence-corrected chi connectivity index (χ0v) is 19.0. The first kappa shape index (κ1) is 23.8. The van der Waals surface area contributed by atoms with Crippen molar-refractivity contribution < 1.29 is 18.0 Å². The van der Waals surface area contributed by atoms with Crippen LogP contribution in [-0.4, -0.2) is 32.4 Å². The van der Waals surface area contributed by atoms with Crippen LogP contribution in [0, 0.1) is 12.8 Å². The minimum absolute atomic E-state index is 0.00223. The molecule has 1 amide bonds. The highest BCUT2D eigenvalue weighted by molar-refractivity contribution is 6.30. The summed E-state index contributed by atoms with van der Waals surface area (Å²) < 4.78 is 43.6. The van der Waals surface area contributed by atoms with Crippen molar-refractivity contribution in [2.45, 2.75) is 40.0 Å². The van der Waals surface area contributed by atoms with Crippen LogP contribution in [0.2, 0.25) is 5.02 Å². The van der Waals surface area contributed by atoms with E-state index in [0.717, 1.165) is 4.57 Å². The molecule has 0 radical (unpaired) electrons. The highest BCUT2D eigenvalue weighted by atomic mass is 35.5. The fourth-order valence-electron chi connectivity index (χ4n) is 3.76. The molecule has 0 aliphatic rings. The predicted octanol–water partition coefficient (Wildman–Crippen LogP) is 5.85. The van der Waals surface area contributed by atoms with Crippen LogP contribution < -0.4 is 0 Å². The summed E-state index contributed by atoms with van der Waals surface area (Å²) in [6.07, 6.45) is -1.71. The number of benzene rings is 1. The van der Waals surface area contributed by atoms with Crippen molar-refractivity contribution >= 4 is 17.5 Å². The van der Waals surface area contributed by atoms with Crippen molar-refractivity contribution in [1.29, 1.82) is 0 Å². The van der Waals surface area contributed by atoms with Gasteiger partial charge >= 0.3 is 6.18 Å². The van der Waals surface area contributed by atoms with E-state index < -0.39 is 17.8 Å². The minimum Gasteiger partial charge on any atom is -0.335 e. The molecule has 0 aliphatic heterocycles. The van der Waals surface area contributed by atoms with E-state index in [0.29, 0.717) is 16.3 Å². The van der Waals surface area contributed by atoms with Gasteiger partial charge < -0.3 is 9.47 Å². The Balaban J connectivity index is 2.23. The van der Waals surface area contributed by atoms with Crippen LogP contribution in [0.4, 0.5) is 13.2 Å². The summed E-state index contributed by atoms with van der Waals surface area (Å²) >= 11 is 5.99. The Morgan fingerprint density at radius 1 is 1.19 bits per heavy atom. The Labute approximate surface area is 189 Å². The van der Waals surface area contributed by atoms with E-state index in [1.54, 1.807) is 43.6 Å². The number of halogens is 4. The molecule has 3 rings (SSSR count). The molecule has 170 valence electrons. The topological polar surface area (TPSA) is 51.0 Å². The Morgan fingerprint density at radius 3 is 2.38 bits per heavy atom. The van der Waals surface area contributed by atoms with E-state index in [2.05, 4.69) is 9.97 Å². The van der Waals surface area contributed by atoms with Gasteiger partial charge in [-0.05, 0) is 42.2 Å². The van der Waals surface area contributed by atoms with Gasteiger partial charge in [-0.1, -0.05) is 37.6 Å². The van der Waals surface area contributed by atoms with Gasteiger partial charge in [0.2, 0.25) is 0 Å². The third kappa shape index (κ3) is 4.96. The lowest BCUT2D eigenvalue weighted by atomic mass is 10.00. The number of aromatic nitrogens is 3. The number of amides is 1. The van der Waals surface area contributed by atoms with Crippen molar-refractivity contribution in [3.8, 4) is 11.1 Å². The third-order valence-corrected chi connectivity index (χ3v) is 5.30. The number of hydrogen-bond donors (Lipinski definition) is 0. The molecular weight excluding hydrogens is 441 g/mol. The zero-order chi connectivity index (χ0) is 23.6. The van der Waals surface area contributed by atoms with Gasteiger partial charge in [0.25, 0.3) is 5.91 Å². The molecule has 5 nitrogen and oxygen atoms in total. The van der Waals surface area contributed by atoms with Gasteiger partial charge in [-0.25, -0.2) is 9.97 Å². The molecule has 1 aromatic carbocycles. The maximum Gasteiger partial charge on any atom is 0.431 e. The van der Waals surface area contributed by atoms with E-state index in [1.165, 1.54) is 18.2 Å². The molecule has 0 N–H and O–H groups in total. The normalized spacial score (nSPS) is 11.8. The fraction of sp³-hybridized carbons (Fsp3) is 0.348. The Morgan fingerprint density at radius 2 is 1.84 bits per heavy atom. The van der Waals surface area contributed by atoms with Gasteiger partial charge in [-0.15, -0.1) is 0 Å². The SMILES string of the molecule is Cc1c(-c2ccc(Cl)cc2)c(C(=O)N(C)Cc2ccncn2)n(CC(C)C)c1C(F)(F)F. The number of nitrogens with zero attached hydrogens (tertiary/aromatic N) is 4. The highest BCUT2D eigenvalue weighted by Crippen LogP contribution is 2.42. The first-order chi connectivity index (χ1) is 15.0. The average Bonchev–Trinajstić information content (AvgIpc) is 3.00. The van der Waals surface area contributed by atoms with Gasteiger partial charge in [0.05, 0.1) is 12.2 Å². The van der Waals surface area contributed by atoms with Crippen LogP contribution in [0.3, 0.4) is 0 Å². The molecule has 9 heteroatoms. The van der Waals surface area contributed by atoms with Crippen LogP contribution in [-0.2, 0) is 19.3 Å². The molecule has 2 heterocycles. The lowest BCUT2D eigenvalue weighted by Crippen LogP contribution is -2.30. The molecule has 32 heavy (non-hydrogen) atoms. The van der Waals surface area contributed by atoms with E-state index in [-0.39, 0.29) is 35.8 Å². The maximum absolute atomic E-state index is 14.2. The third-order valence-electron chi connectivity index (χ3n) is 5.05. The van der Waals surface area contributed by atoms with Crippen LogP contribution in [0.15, 0.2) is 42.9 Å². The van der Waals surface area contributed by atoms with Gasteiger partial charge in [-0.3, -0.25) is 4.79 Å².